The molecule has 0 spiro atoms. The first-order chi connectivity index (χ1) is 8.86. The summed E-state index contributed by atoms with van der Waals surface area (Å²) in [7, 11) is 0. The number of aromatic nitrogens is 2. The Labute approximate surface area is 139 Å². The van der Waals surface area contributed by atoms with Gasteiger partial charge in [-0.25, -0.2) is 4.98 Å². The Hall–Kier alpha value is -0.660. The van der Waals surface area contributed by atoms with Crippen LogP contribution in [0.25, 0.3) is 11.2 Å². The molecule has 2 aromatic rings. The lowest BCUT2D eigenvalue weighted by Gasteiger charge is -2.33. The lowest BCUT2D eigenvalue weighted by molar-refractivity contribution is 0.254. The number of pyridine rings is 1. The van der Waals surface area contributed by atoms with Crippen LogP contribution >= 0.6 is 34.0 Å². The first-order valence-electron chi connectivity index (χ1n) is 6.55. The third-order valence-electron chi connectivity index (χ3n) is 3.34. The largest absolute Gasteiger partial charge is 0.404 e. The van der Waals surface area contributed by atoms with Gasteiger partial charge in [-0.05, 0) is 25.1 Å². The van der Waals surface area contributed by atoms with E-state index in [1.807, 2.05) is 12.1 Å². The van der Waals surface area contributed by atoms with Gasteiger partial charge in [-0.1, -0.05) is 6.92 Å². The molecule has 0 aromatic carbocycles. The molecule has 3 rings (SSSR count). The average Bonchev–Trinajstić information content (AvgIpc) is 2.84. The van der Waals surface area contributed by atoms with Crippen molar-refractivity contribution in [1.29, 1.82) is 0 Å². The molecule has 3 heterocycles. The first kappa shape index (κ1) is 17.4. The Morgan fingerprint density at radius 2 is 1.95 bits per heavy atom. The number of piperazine rings is 1. The van der Waals surface area contributed by atoms with E-state index >= 15 is 0 Å². The molecular formula is C13H20Br2N4O. The molecule has 0 saturated carbocycles. The maximum atomic E-state index is 5.69. The molecule has 0 radical (unpaired) electrons. The number of nitrogens with zero attached hydrogens (tertiary/aromatic N) is 4. The molecule has 0 bridgehead atoms. The molecule has 1 aliphatic rings. The fourth-order valence-corrected chi connectivity index (χ4v) is 2.37. The van der Waals surface area contributed by atoms with Crippen LogP contribution in [0.2, 0.25) is 0 Å². The van der Waals surface area contributed by atoms with Gasteiger partial charge >= 0.3 is 0 Å². The SMILES string of the molecule is Br.Br.CCCN1CCN(c2nc3cccnc3o2)CC1. The van der Waals surface area contributed by atoms with E-state index in [9.17, 15) is 0 Å². The molecule has 0 unspecified atom stereocenters. The second-order valence-corrected chi connectivity index (χ2v) is 4.65. The predicted molar refractivity (Wildman–Crippen MR) is 91.4 cm³/mol. The van der Waals surface area contributed by atoms with Crippen LogP contribution in [0.15, 0.2) is 22.7 Å². The summed E-state index contributed by atoms with van der Waals surface area (Å²) in [6, 6.07) is 4.52. The topological polar surface area (TPSA) is 45.4 Å². The van der Waals surface area contributed by atoms with Crippen molar-refractivity contribution in [3.05, 3.63) is 18.3 Å². The van der Waals surface area contributed by atoms with Crippen molar-refractivity contribution in [2.75, 3.05) is 37.6 Å². The summed E-state index contributed by atoms with van der Waals surface area (Å²) < 4.78 is 5.69. The van der Waals surface area contributed by atoms with Crippen molar-refractivity contribution in [1.82, 2.24) is 14.9 Å². The van der Waals surface area contributed by atoms with Crippen LogP contribution in [-0.2, 0) is 0 Å². The zero-order valence-electron chi connectivity index (χ0n) is 11.5. The highest BCUT2D eigenvalue weighted by Gasteiger charge is 2.20. The summed E-state index contributed by atoms with van der Waals surface area (Å²) >= 11 is 0. The van der Waals surface area contributed by atoms with E-state index in [-0.39, 0.29) is 34.0 Å². The van der Waals surface area contributed by atoms with E-state index < -0.39 is 0 Å². The highest BCUT2D eigenvalue weighted by molar-refractivity contribution is 8.93. The number of oxazole rings is 1. The van der Waals surface area contributed by atoms with Crippen molar-refractivity contribution >= 4 is 51.2 Å². The van der Waals surface area contributed by atoms with Gasteiger partial charge in [0.15, 0.2) is 0 Å². The number of halogens is 2. The highest BCUT2D eigenvalue weighted by Crippen LogP contribution is 2.20. The Kier molecular flexibility index (Phi) is 6.91. The second-order valence-electron chi connectivity index (χ2n) is 4.65. The van der Waals surface area contributed by atoms with Crippen LogP contribution in [0.5, 0.6) is 0 Å². The lowest BCUT2D eigenvalue weighted by atomic mass is 10.3. The van der Waals surface area contributed by atoms with Crippen LogP contribution < -0.4 is 4.90 Å². The Balaban J connectivity index is 0.000001000. The maximum Gasteiger partial charge on any atom is 0.299 e. The molecule has 5 nitrogen and oxygen atoms in total. The summed E-state index contributed by atoms with van der Waals surface area (Å²) in [4.78, 5) is 13.3. The number of hydrogen-bond acceptors (Lipinski definition) is 5. The van der Waals surface area contributed by atoms with Gasteiger partial charge in [0, 0.05) is 32.4 Å². The minimum absolute atomic E-state index is 0. The van der Waals surface area contributed by atoms with E-state index in [1.54, 1.807) is 6.20 Å². The van der Waals surface area contributed by atoms with Gasteiger partial charge in [-0.3, -0.25) is 4.90 Å². The molecule has 0 atom stereocenters. The normalized spacial score (nSPS) is 15.8. The van der Waals surface area contributed by atoms with Gasteiger partial charge in [0.05, 0.1) is 0 Å². The molecular weight excluding hydrogens is 388 g/mol. The van der Waals surface area contributed by atoms with Crippen molar-refractivity contribution in [3.8, 4) is 0 Å². The first-order valence-corrected chi connectivity index (χ1v) is 6.55. The monoisotopic (exact) mass is 406 g/mol. The average molecular weight is 408 g/mol. The summed E-state index contributed by atoms with van der Waals surface area (Å²) in [5.41, 5.74) is 1.46. The molecule has 0 aliphatic carbocycles. The number of hydrogen-bond donors (Lipinski definition) is 0. The van der Waals surface area contributed by atoms with Crippen LogP contribution in [0, 0.1) is 0 Å². The van der Waals surface area contributed by atoms with E-state index in [2.05, 4.69) is 26.7 Å². The fourth-order valence-electron chi connectivity index (χ4n) is 2.37. The summed E-state index contributed by atoms with van der Waals surface area (Å²) in [5, 5.41) is 0. The second kappa shape index (κ2) is 7.95. The molecule has 2 aromatic heterocycles. The van der Waals surface area contributed by atoms with E-state index in [0.717, 1.165) is 31.7 Å². The van der Waals surface area contributed by atoms with Gasteiger partial charge < -0.3 is 9.32 Å². The molecule has 0 N–H and O–H groups in total. The molecule has 1 aliphatic heterocycles. The van der Waals surface area contributed by atoms with Crippen LogP contribution in [0.3, 0.4) is 0 Å². The van der Waals surface area contributed by atoms with Gasteiger partial charge in [0.2, 0.25) is 5.71 Å². The van der Waals surface area contributed by atoms with Crippen LogP contribution in [-0.4, -0.2) is 47.6 Å². The van der Waals surface area contributed by atoms with Crippen molar-refractivity contribution in [3.63, 3.8) is 0 Å². The standard InChI is InChI=1S/C13H18N4O.2BrH/c1-2-6-16-7-9-17(10-8-16)13-15-11-4-3-5-14-12(11)18-13;;/h3-5H,2,6-10H2,1H3;2*1H. The Bertz CT molecular complexity index is 493. The zero-order chi connectivity index (χ0) is 12.4. The van der Waals surface area contributed by atoms with Gasteiger partial charge in [-0.2, -0.15) is 4.98 Å². The third-order valence-corrected chi connectivity index (χ3v) is 3.34. The summed E-state index contributed by atoms with van der Waals surface area (Å²) in [5.74, 6) is 0. The quantitative estimate of drug-likeness (QED) is 0.782. The molecule has 1 saturated heterocycles. The third kappa shape index (κ3) is 3.71. The minimum atomic E-state index is 0. The van der Waals surface area contributed by atoms with Gasteiger partial charge in [0.25, 0.3) is 6.01 Å². The molecule has 0 amide bonds. The molecule has 112 valence electrons. The summed E-state index contributed by atoms with van der Waals surface area (Å²) in [6.45, 7) is 7.53. The van der Waals surface area contributed by atoms with Crippen molar-refractivity contribution in [2.24, 2.45) is 0 Å². The van der Waals surface area contributed by atoms with E-state index in [4.69, 9.17) is 4.42 Å². The fraction of sp³-hybridized carbons (Fsp3) is 0.538. The minimum Gasteiger partial charge on any atom is -0.404 e. The number of rotatable bonds is 3. The number of anilines is 1. The lowest BCUT2D eigenvalue weighted by Crippen LogP contribution is -2.46. The van der Waals surface area contributed by atoms with Crippen molar-refractivity contribution in [2.45, 2.75) is 13.3 Å². The molecule has 7 heteroatoms. The number of fused-ring (bicyclic) bond motifs is 1. The van der Waals surface area contributed by atoms with Gasteiger partial charge in [-0.15, -0.1) is 34.0 Å². The van der Waals surface area contributed by atoms with E-state index in [0.29, 0.717) is 11.7 Å². The van der Waals surface area contributed by atoms with Crippen LogP contribution in [0.4, 0.5) is 6.01 Å². The summed E-state index contributed by atoms with van der Waals surface area (Å²) in [6.07, 6.45) is 2.95. The van der Waals surface area contributed by atoms with Gasteiger partial charge in [0.1, 0.15) is 5.52 Å². The molecule has 1 fully saturated rings. The Morgan fingerprint density at radius 1 is 1.20 bits per heavy atom. The highest BCUT2D eigenvalue weighted by atomic mass is 79.9. The maximum absolute atomic E-state index is 5.69. The predicted octanol–water partition coefficient (Wildman–Crippen LogP) is 2.91. The van der Waals surface area contributed by atoms with Crippen LogP contribution in [0.1, 0.15) is 13.3 Å². The van der Waals surface area contributed by atoms with E-state index in [1.165, 1.54) is 13.0 Å². The molecule has 20 heavy (non-hydrogen) atoms. The Morgan fingerprint density at radius 3 is 2.60 bits per heavy atom. The van der Waals surface area contributed by atoms with Crippen molar-refractivity contribution < 1.29 is 4.42 Å². The zero-order valence-corrected chi connectivity index (χ0v) is 14.9. The smallest absolute Gasteiger partial charge is 0.299 e.